The minimum Gasteiger partial charge on any atom is -0.469 e. The molecule has 0 bridgehead atoms. The van der Waals surface area contributed by atoms with E-state index >= 15 is 0 Å². The summed E-state index contributed by atoms with van der Waals surface area (Å²) in [5, 5.41) is 2.34. The highest BCUT2D eigenvalue weighted by Gasteiger charge is 2.21. The molecule has 1 aromatic heterocycles. The zero-order chi connectivity index (χ0) is 15.1. The van der Waals surface area contributed by atoms with Crippen LogP contribution in [0.2, 0.25) is 0 Å². The van der Waals surface area contributed by atoms with Crippen molar-refractivity contribution in [1.29, 1.82) is 0 Å². The molecule has 1 unspecified atom stereocenters. The van der Waals surface area contributed by atoms with Crippen LogP contribution in [0.5, 0.6) is 0 Å². The number of nitrogens with zero attached hydrogens (tertiary/aromatic N) is 1. The number of benzene rings is 2. The van der Waals surface area contributed by atoms with Crippen LogP contribution in [0.4, 0.5) is 0 Å². The number of fused-ring (bicyclic) bond motifs is 3. The lowest BCUT2D eigenvalue weighted by atomic mass is 9.98. The van der Waals surface area contributed by atoms with Crippen LogP contribution in [0.3, 0.4) is 0 Å². The van der Waals surface area contributed by atoms with E-state index in [0.717, 1.165) is 26.5 Å². The third-order valence-corrected chi connectivity index (χ3v) is 4.53. The van der Waals surface area contributed by atoms with Crippen molar-refractivity contribution in [2.75, 3.05) is 7.11 Å². The van der Waals surface area contributed by atoms with E-state index in [4.69, 9.17) is 4.74 Å². The van der Waals surface area contributed by atoms with Crippen molar-refractivity contribution in [3.8, 4) is 0 Å². The monoisotopic (exact) mass is 345 g/mol. The maximum atomic E-state index is 11.9. The van der Waals surface area contributed by atoms with Gasteiger partial charge < -0.3 is 9.30 Å². The molecular weight excluding hydrogens is 330 g/mol. The number of ether oxygens (including phenoxy) is 1. The molecule has 0 fully saturated rings. The number of esters is 1. The number of methoxy groups -OCH3 is 1. The van der Waals surface area contributed by atoms with Crippen LogP contribution in [0.25, 0.3) is 21.8 Å². The van der Waals surface area contributed by atoms with Gasteiger partial charge in [0.1, 0.15) is 0 Å². The molecule has 0 aliphatic rings. The summed E-state index contributed by atoms with van der Waals surface area (Å²) < 4.78 is 8.09. The van der Waals surface area contributed by atoms with Crippen molar-refractivity contribution in [3.05, 3.63) is 46.4 Å². The molecule has 0 saturated carbocycles. The predicted molar refractivity (Wildman–Crippen MR) is 88.6 cm³/mol. The maximum absolute atomic E-state index is 11.9. The summed E-state index contributed by atoms with van der Waals surface area (Å²) in [6, 6.07) is 12.3. The SMILES string of the molecule is COC(=O)C(C)c1cccc2c3cc(Br)ccc3n(C)c12. The fourth-order valence-electron chi connectivity index (χ4n) is 2.94. The van der Waals surface area contributed by atoms with Crippen molar-refractivity contribution in [1.82, 2.24) is 4.57 Å². The molecule has 3 rings (SSSR count). The van der Waals surface area contributed by atoms with Crippen LogP contribution in [-0.2, 0) is 16.6 Å². The first-order valence-electron chi connectivity index (χ1n) is 6.79. The Bertz CT molecular complexity index is 851. The summed E-state index contributed by atoms with van der Waals surface area (Å²) >= 11 is 3.53. The number of carbonyl (C=O) groups excluding carboxylic acids is 1. The summed E-state index contributed by atoms with van der Waals surface area (Å²) in [7, 11) is 3.46. The van der Waals surface area contributed by atoms with Crippen molar-refractivity contribution >= 4 is 43.7 Å². The minimum absolute atomic E-state index is 0.214. The van der Waals surface area contributed by atoms with Crippen LogP contribution in [0.15, 0.2) is 40.9 Å². The molecule has 4 heteroatoms. The van der Waals surface area contributed by atoms with Gasteiger partial charge in [-0.1, -0.05) is 34.1 Å². The van der Waals surface area contributed by atoms with E-state index < -0.39 is 0 Å². The second-order valence-corrected chi connectivity index (χ2v) is 6.12. The first-order chi connectivity index (χ1) is 10.0. The lowest BCUT2D eigenvalue weighted by Gasteiger charge is -2.12. The molecule has 2 aromatic carbocycles. The average molecular weight is 346 g/mol. The van der Waals surface area contributed by atoms with Crippen molar-refractivity contribution in [2.24, 2.45) is 7.05 Å². The number of aryl methyl sites for hydroxylation is 1. The summed E-state index contributed by atoms with van der Waals surface area (Å²) in [6.07, 6.45) is 0. The van der Waals surface area contributed by atoms with Gasteiger partial charge in [-0.05, 0) is 30.7 Å². The standard InChI is InChI=1S/C17H16BrNO2/c1-10(17(20)21-3)12-5-4-6-13-14-9-11(18)7-8-15(14)19(2)16(12)13/h4-10H,1-3H3. The molecule has 0 radical (unpaired) electrons. The first-order valence-corrected chi connectivity index (χ1v) is 7.58. The van der Waals surface area contributed by atoms with Crippen molar-refractivity contribution in [3.63, 3.8) is 0 Å². The molecule has 0 amide bonds. The van der Waals surface area contributed by atoms with E-state index in [0.29, 0.717) is 0 Å². The summed E-state index contributed by atoms with van der Waals surface area (Å²) in [5.74, 6) is -0.501. The van der Waals surface area contributed by atoms with E-state index in [1.165, 1.54) is 12.5 Å². The average Bonchev–Trinajstić information content (AvgIpc) is 2.78. The van der Waals surface area contributed by atoms with E-state index in [2.05, 4.69) is 38.7 Å². The number of hydrogen-bond acceptors (Lipinski definition) is 2. The molecule has 108 valence electrons. The Labute approximate surface area is 131 Å². The third kappa shape index (κ3) is 2.14. The van der Waals surface area contributed by atoms with Gasteiger partial charge in [0.25, 0.3) is 0 Å². The van der Waals surface area contributed by atoms with Gasteiger partial charge in [-0.2, -0.15) is 0 Å². The Kier molecular flexibility index (Phi) is 3.49. The summed E-state index contributed by atoms with van der Waals surface area (Å²) in [6.45, 7) is 1.88. The lowest BCUT2D eigenvalue weighted by molar-refractivity contribution is -0.141. The van der Waals surface area contributed by atoms with Crippen molar-refractivity contribution < 1.29 is 9.53 Å². The Balaban J connectivity index is 2.38. The van der Waals surface area contributed by atoms with Gasteiger partial charge in [0, 0.05) is 27.8 Å². The Morgan fingerprint density at radius 2 is 2.00 bits per heavy atom. The molecule has 21 heavy (non-hydrogen) atoms. The number of aromatic nitrogens is 1. The van der Waals surface area contributed by atoms with Gasteiger partial charge in [-0.25, -0.2) is 0 Å². The summed E-state index contributed by atoms with van der Waals surface area (Å²) in [5.41, 5.74) is 3.23. The molecule has 1 atom stereocenters. The van der Waals surface area contributed by atoms with Gasteiger partial charge in [0.05, 0.1) is 18.5 Å². The minimum atomic E-state index is -0.287. The molecule has 0 spiro atoms. The topological polar surface area (TPSA) is 31.2 Å². The molecule has 0 aliphatic carbocycles. The third-order valence-electron chi connectivity index (χ3n) is 4.03. The van der Waals surface area contributed by atoms with E-state index in [1.807, 2.05) is 32.2 Å². The van der Waals surface area contributed by atoms with Crippen LogP contribution in [-0.4, -0.2) is 17.6 Å². The largest absolute Gasteiger partial charge is 0.469 e. The quantitative estimate of drug-likeness (QED) is 0.645. The van der Waals surface area contributed by atoms with Gasteiger partial charge in [0.2, 0.25) is 0 Å². The van der Waals surface area contributed by atoms with Crippen LogP contribution < -0.4 is 0 Å². The molecule has 0 N–H and O–H groups in total. The second-order valence-electron chi connectivity index (χ2n) is 5.21. The van der Waals surface area contributed by atoms with E-state index in [9.17, 15) is 4.79 Å². The second kappa shape index (κ2) is 5.19. The molecule has 3 nitrogen and oxygen atoms in total. The Hall–Kier alpha value is -1.81. The number of rotatable bonds is 2. The number of para-hydroxylation sites is 1. The van der Waals surface area contributed by atoms with Crippen LogP contribution >= 0.6 is 15.9 Å². The van der Waals surface area contributed by atoms with Gasteiger partial charge >= 0.3 is 5.97 Å². The molecular formula is C17H16BrNO2. The zero-order valence-electron chi connectivity index (χ0n) is 12.2. The zero-order valence-corrected chi connectivity index (χ0v) is 13.8. The Morgan fingerprint density at radius 1 is 1.24 bits per heavy atom. The smallest absolute Gasteiger partial charge is 0.312 e. The number of halogens is 1. The highest BCUT2D eigenvalue weighted by atomic mass is 79.9. The van der Waals surface area contributed by atoms with Gasteiger partial charge in [0.15, 0.2) is 0 Å². The maximum Gasteiger partial charge on any atom is 0.312 e. The molecule has 0 aliphatic heterocycles. The van der Waals surface area contributed by atoms with Crippen LogP contribution in [0, 0.1) is 0 Å². The van der Waals surface area contributed by atoms with Crippen molar-refractivity contribution in [2.45, 2.75) is 12.8 Å². The fourth-order valence-corrected chi connectivity index (χ4v) is 3.30. The number of carbonyl (C=O) groups is 1. The lowest BCUT2D eigenvalue weighted by Crippen LogP contribution is -2.11. The van der Waals surface area contributed by atoms with E-state index in [-0.39, 0.29) is 11.9 Å². The Morgan fingerprint density at radius 3 is 2.71 bits per heavy atom. The van der Waals surface area contributed by atoms with Crippen LogP contribution in [0.1, 0.15) is 18.4 Å². The highest BCUT2D eigenvalue weighted by molar-refractivity contribution is 9.10. The normalized spacial score (nSPS) is 12.8. The van der Waals surface area contributed by atoms with Gasteiger partial charge in [-0.3, -0.25) is 4.79 Å². The first kappa shape index (κ1) is 14.1. The molecule has 1 heterocycles. The predicted octanol–water partition coefficient (Wildman–Crippen LogP) is 4.37. The fraction of sp³-hybridized carbons (Fsp3) is 0.235. The highest BCUT2D eigenvalue weighted by Crippen LogP contribution is 2.34. The van der Waals surface area contributed by atoms with E-state index in [1.54, 1.807) is 0 Å². The molecule has 3 aromatic rings. The molecule has 0 saturated heterocycles. The van der Waals surface area contributed by atoms with Gasteiger partial charge in [-0.15, -0.1) is 0 Å². The summed E-state index contributed by atoms with van der Waals surface area (Å²) in [4.78, 5) is 11.9. The number of hydrogen-bond donors (Lipinski definition) is 0.